The zero-order valence-corrected chi connectivity index (χ0v) is 20.1. The maximum Gasteiger partial charge on any atom is 0.226 e. The molecule has 170 valence electrons. The Hall–Kier alpha value is -3.36. The van der Waals surface area contributed by atoms with Gasteiger partial charge in [-0.1, -0.05) is 39.7 Å². The van der Waals surface area contributed by atoms with Gasteiger partial charge in [0.05, 0.1) is 12.8 Å². The van der Waals surface area contributed by atoms with E-state index in [2.05, 4.69) is 31.3 Å². The van der Waals surface area contributed by atoms with E-state index in [1.165, 1.54) is 18.5 Å². The number of methoxy groups -OCH3 is 1. The van der Waals surface area contributed by atoms with Gasteiger partial charge in [-0.25, -0.2) is 9.07 Å². The highest BCUT2D eigenvalue weighted by Gasteiger charge is 2.42. The summed E-state index contributed by atoms with van der Waals surface area (Å²) in [5.74, 6) is 1.61. The van der Waals surface area contributed by atoms with Crippen molar-refractivity contribution < 1.29 is 13.9 Å². The van der Waals surface area contributed by atoms with E-state index in [0.29, 0.717) is 22.5 Å². The molecule has 0 saturated carbocycles. The molecule has 3 heterocycles. The Morgan fingerprint density at radius 1 is 1.12 bits per heavy atom. The quantitative estimate of drug-likeness (QED) is 0.326. The fourth-order valence-electron chi connectivity index (χ4n) is 4.58. The molecule has 2 atom stereocenters. The summed E-state index contributed by atoms with van der Waals surface area (Å²) in [5, 5.41) is 8.50. The summed E-state index contributed by atoms with van der Waals surface area (Å²) >= 11 is 9.95. The summed E-state index contributed by atoms with van der Waals surface area (Å²) in [4.78, 5) is 4.41. The fourth-order valence-corrected chi connectivity index (χ4v) is 5.13. The van der Waals surface area contributed by atoms with Gasteiger partial charge in [0.1, 0.15) is 29.7 Å². The number of hydrogen-bond donors (Lipinski definition) is 1. The Morgan fingerprint density at radius 3 is 2.74 bits per heavy atom. The van der Waals surface area contributed by atoms with Crippen molar-refractivity contribution in [2.24, 2.45) is 0 Å². The van der Waals surface area contributed by atoms with Gasteiger partial charge in [0.2, 0.25) is 5.95 Å². The number of fused-ring (bicyclic) bond motifs is 3. The van der Waals surface area contributed by atoms with E-state index in [4.69, 9.17) is 21.1 Å². The second kappa shape index (κ2) is 8.14. The molecule has 0 spiro atoms. The van der Waals surface area contributed by atoms with Crippen LogP contribution in [0.4, 0.5) is 10.3 Å². The van der Waals surface area contributed by atoms with Crippen LogP contribution in [0, 0.1) is 5.82 Å². The Balaban J connectivity index is 1.66. The van der Waals surface area contributed by atoms with E-state index in [1.807, 2.05) is 30.3 Å². The summed E-state index contributed by atoms with van der Waals surface area (Å²) in [7, 11) is 1.63. The molecule has 1 aromatic heterocycles. The van der Waals surface area contributed by atoms with Gasteiger partial charge in [0.15, 0.2) is 6.10 Å². The average molecular weight is 540 g/mol. The molecule has 4 aromatic rings. The van der Waals surface area contributed by atoms with Crippen molar-refractivity contribution in [2.75, 3.05) is 12.4 Å². The van der Waals surface area contributed by atoms with Gasteiger partial charge in [-0.15, -0.1) is 0 Å². The third-order valence-electron chi connectivity index (χ3n) is 6.04. The fraction of sp³-hybridized carbons (Fsp3) is 0.120. The summed E-state index contributed by atoms with van der Waals surface area (Å²) < 4.78 is 28.8. The van der Waals surface area contributed by atoms with Crippen molar-refractivity contribution in [3.05, 3.63) is 105 Å². The standard InChI is InChI=1S/C25H17BrClFN4O2/c1-33-19-8-4-14(26)10-18(19)24-21-22(17-11-15(27)5-9-20(17)34-24)31-25-29-12-30-32(25)23(21)13-2-6-16(28)7-3-13/h2-12,23-24H,1H3,(H,29,30,31)/t23-,24-/m1/s1. The topological polar surface area (TPSA) is 61.2 Å². The molecular formula is C25H17BrClFN4O2. The largest absolute Gasteiger partial charge is 0.496 e. The first-order valence-corrected chi connectivity index (χ1v) is 11.7. The van der Waals surface area contributed by atoms with Gasteiger partial charge in [-0.3, -0.25) is 0 Å². The van der Waals surface area contributed by atoms with E-state index >= 15 is 0 Å². The number of ether oxygens (including phenoxy) is 2. The molecule has 0 aliphatic carbocycles. The molecule has 6 rings (SSSR count). The minimum atomic E-state index is -0.531. The number of nitrogens with one attached hydrogen (secondary N) is 1. The van der Waals surface area contributed by atoms with Crippen LogP contribution in [0.5, 0.6) is 11.5 Å². The SMILES string of the molecule is COc1ccc(Br)cc1[C@H]1Oc2ccc(Cl)cc2C2=C1[C@@H](c1ccc(F)cc1)n1ncnc1N2. The van der Waals surface area contributed by atoms with Gasteiger partial charge in [-0.2, -0.15) is 10.1 Å². The van der Waals surface area contributed by atoms with Crippen LogP contribution < -0.4 is 14.8 Å². The predicted molar refractivity (Wildman–Crippen MR) is 131 cm³/mol. The molecule has 0 bridgehead atoms. The van der Waals surface area contributed by atoms with E-state index in [-0.39, 0.29) is 5.82 Å². The van der Waals surface area contributed by atoms with E-state index < -0.39 is 12.1 Å². The Labute approximate surface area is 208 Å². The first kappa shape index (κ1) is 21.2. The van der Waals surface area contributed by atoms with Crippen LogP contribution in [0.1, 0.15) is 28.8 Å². The third-order valence-corrected chi connectivity index (χ3v) is 6.76. The number of benzene rings is 3. The van der Waals surface area contributed by atoms with E-state index in [1.54, 1.807) is 30.0 Å². The molecule has 0 radical (unpaired) electrons. The molecule has 6 nitrogen and oxygen atoms in total. The van der Waals surface area contributed by atoms with Crippen molar-refractivity contribution in [3.63, 3.8) is 0 Å². The van der Waals surface area contributed by atoms with Crippen LogP contribution in [0.3, 0.4) is 0 Å². The Kier molecular flexibility index (Phi) is 5.08. The van der Waals surface area contributed by atoms with Crippen LogP contribution in [0.2, 0.25) is 5.02 Å². The van der Waals surface area contributed by atoms with E-state index in [0.717, 1.165) is 32.4 Å². The first-order chi connectivity index (χ1) is 16.5. The maximum atomic E-state index is 13.8. The molecule has 0 fully saturated rings. The van der Waals surface area contributed by atoms with Crippen LogP contribution in [0.15, 0.2) is 77.0 Å². The van der Waals surface area contributed by atoms with Crippen LogP contribution >= 0.6 is 27.5 Å². The molecule has 34 heavy (non-hydrogen) atoms. The van der Waals surface area contributed by atoms with Crippen LogP contribution in [-0.2, 0) is 0 Å². The first-order valence-electron chi connectivity index (χ1n) is 10.5. The molecule has 0 amide bonds. The van der Waals surface area contributed by atoms with Crippen molar-refractivity contribution in [2.45, 2.75) is 12.1 Å². The van der Waals surface area contributed by atoms with E-state index in [9.17, 15) is 4.39 Å². The van der Waals surface area contributed by atoms with Gasteiger partial charge >= 0.3 is 0 Å². The highest BCUT2D eigenvalue weighted by molar-refractivity contribution is 9.10. The average Bonchev–Trinajstić information content (AvgIpc) is 3.31. The lowest BCUT2D eigenvalue weighted by Gasteiger charge is -2.39. The summed E-state index contributed by atoms with van der Waals surface area (Å²) in [6.45, 7) is 0. The number of hydrogen-bond acceptors (Lipinski definition) is 5. The number of rotatable bonds is 3. The van der Waals surface area contributed by atoms with Crippen molar-refractivity contribution >= 4 is 39.2 Å². The third kappa shape index (κ3) is 3.36. The van der Waals surface area contributed by atoms with Crippen LogP contribution in [-0.4, -0.2) is 21.9 Å². The van der Waals surface area contributed by atoms with Gasteiger partial charge in [-0.05, 0) is 54.1 Å². The van der Waals surface area contributed by atoms with Gasteiger partial charge < -0.3 is 14.8 Å². The highest BCUT2D eigenvalue weighted by atomic mass is 79.9. The zero-order valence-electron chi connectivity index (χ0n) is 17.8. The van der Waals surface area contributed by atoms with Crippen molar-refractivity contribution in [1.29, 1.82) is 0 Å². The molecule has 3 aromatic carbocycles. The van der Waals surface area contributed by atoms with Gasteiger partial charge in [0.25, 0.3) is 0 Å². The molecule has 2 aliphatic rings. The van der Waals surface area contributed by atoms with Crippen LogP contribution in [0.25, 0.3) is 5.70 Å². The number of halogens is 3. The smallest absolute Gasteiger partial charge is 0.226 e. The Bertz CT molecular complexity index is 1450. The lowest BCUT2D eigenvalue weighted by molar-refractivity contribution is 0.217. The summed E-state index contributed by atoms with van der Waals surface area (Å²) in [6.07, 6.45) is 0.960. The Morgan fingerprint density at radius 2 is 1.94 bits per heavy atom. The molecule has 0 saturated heterocycles. The maximum absolute atomic E-state index is 13.8. The number of nitrogens with zero attached hydrogens (tertiary/aromatic N) is 3. The lowest BCUT2D eigenvalue weighted by Crippen LogP contribution is -2.32. The molecular weight excluding hydrogens is 523 g/mol. The van der Waals surface area contributed by atoms with Crippen molar-refractivity contribution in [1.82, 2.24) is 14.8 Å². The molecule has 2 aliphatic heterocycles. The minimum Gasteiger partial charge on any atom is -0.496 e. The second-order valence-corrected chi connectivity index (χ2v) is 9.31. The number of anilines is 1. The highest BCUT2D eigenvalue weighted by Crippen LogP contribution is 2.52. The number of aromatic nitrogens is 3. The van der Waals surface area contributed by atoms with Gasteiger partial charge in [0, 0.05) is 26.2 Å². The zero-order chi connectivity index (χ0) is 23.4. The summed E-state index contributed by atoms with van der Waals surface area (Å²) in [5.41, 5.74) is 4.20. The second-order valence-electron chi connectivity index (χ2n) is 7.96. The lowest BCUT2D eigenvalue weighted by atomic mass is 9.84. The predicted octanol–water partition coefficient (Wildman–Crippen LogP) is 6.40. The molecule has 9 heteroatoms. The molecule has 1 N–H and O–H groups in total. The minimum absolute atomic E-state index is 0.312. The summed E-state index contributed by atoms with van der Waals surface area (Å²) in [6, 6.07) is 17.3. The molecule has 0 unspecified atom stereocenters. The monoisotopic (exact) mass is 538 g/mol. The normalized spacial score (nSPS) is 18.4. The van der Waals surface area contributed by atoms with Crippen molar-refractivity contribution in [3.8, 4) is 11.5 Å².